The monoisotopic (exact) mass is 392 g/mol. The van der Waals surface area contributed by atoms with Gasteiger partial charge in [-0.2, -0.15) is 0 Å². The van der Waals surface area contributed by atoms with E-state index in [4.69, 9.17) is 9.15 Å². The lowest BCUT2D eigenvalue weighted by atomic mass is 9.90. The van der Waals surface area contributed by atoms with E-state index in [1.807, 2.05) is 37.3 Å². The highest BCUT2D eigenvalue weighted by Gasteiger charge is 2.23. The minimum Gasteiger partial charge on any atom is -0.480 e. The van der Waals surface area contributed by atoms with Crippen molar-refractivity contribution in [3.8, 4) is 5.75 Å². The van der Waals surface area contributed by atoms with Crippen LogP contribution in [-0.4, -0.2) is 17.0 Å². The van der Waals surface area contributed by atoms with E-state index in [1.165, 1.54) is 0 Å². The van der Waals surface area contributed by atoms with E-state index in [0.717, 1.165) is 53.5 Å². The van der Waals surface area contributed by atoms with Crippen molar-refractivity contribution in [3.63, 3.8) is 0 Å². The van der Waals surface area contributed by atoms with Crippen molar-refractivity contribution in [1.29, 1.82) is 0 Å². The van der Waals surface area contributed by atoms with Crippen LogP contribution in [0.4, 0.5) is 0 Å². The van der Waals surface area contributed by atoms with Gasteiger partial charge in [-0.25, -0.2) is 4.79 Å². The summed E-state index contributed by atoms with van der Waals surface area (Å²) in [5.74, 6) is 0.360. The summed E-state index contributed by atoms with van der Waals surface area (Å²) in [6.07, 6.45) is 4.54. The van der Waals surface area contributed by atoms with Crippen molar-refractivity contribution in [1.82, 2.24) is 10.3 Å². The normalized spacial score (nSPS) is 14.3. The van der Waals surface area contributed by atoms with Gasteiger partial charge in [-0.05, 0) is 74.9 Å². The number of nitrogens with zero attached hydrogens (tertiary/aromatic N) is 1. The van der Waals surface area contributed by atoms with Crippen LogP contribution in [0, 0.1) is 6.92 Å². The Balaban J connectivity index is 1.61. The van der Waals surface area contributed by atoms with Gasteiger partial charge in [0.2, 0.25) is 0 Å². The molecule has 0 radical (unpaired) electrons. The van der Waals surface area contributed by atoms with Crippen molar-refractivity contribution in [2.45, 2.75) is 52.2 Å². The number of ether oxygens (including phenoxy) is 1. The third-order valence-electron chi connectivity index (χ3n) is 5.27. The van der Waals surface area contributed by atoms with Crippen LogP contribution in [0.3, 0.4) is 0 Å². The van der Waals surface area contributed by atoms with E-state index in [-0.39, 0.29) is 11.5 Å². The molecule has 1 atom stereocenters. The van der Waals surface area contributed by atoms with Crippen molar-refractivity contribution in [2.24, 2.45) is 0 Å². The van der Waals surface area contributed by atoms with Crippen LogP contribution >= 0.6 is 0 Å². The van der Waals surface area contributed by atoms with Crippen LogP contribution < -0.4 is 15.7 Å². The molecule has 1 aliphatic carbocycles. The second-order valence-electron chi connectivity index (χ2n) is 7.49. The molecule has 1 amide bonds. The average molecular weight is 392 g/mol. The Morgan fingerprint density at radius 1 is 1.24 bits per heavy atom. The molecule has 0 spiro atoms. The molecule has 0 saturated heterocycles. The molecule has 1 aliphatic rings. The molecule has 0 bridgehead atoms. The topological polar surface area (TPSA) is 81.4 Å². The molecule has 1 N–H and O–H groups in total. The first-order chi connectivity index (χ1) is 14.0. The fourth-order valence-electron chi connectivity index (χ4n) is 3.83. The first-order valence-corrected chi connectivity index (χ1v) is 9.96. The number of nitrogens with one attached hydrogen (secondary N) is 1. The molecule has 2 aromatic heterocycles. The van der Waals surface area contributed by atoms with Crippen molar-refractivity contribution < 1.29 is 13.9 Å². The minimum absolute atomic E-state index is 0.225. The van der Waals surface area contributed by atoms with E-state index in [0.29, 0.717) is 17.9 Å². The number of rotatable bonds is 5. The van der Waals surface area contributed by atoms with Crippen LogP contribution in [0.5, 0.6) is 5.75 Å². The van der Waals surface area contributed by atoms with Gasteiger partial charge in [0.15, 0.2) is 6.10 Å². The first-order valence-electron chi connectivity index (χ1n) is 9.96. The third kappa shape index (κ3) is 4.01. The number of aryl methyl sites for hydroxylation is 2. The fourth-order valence-corrected chi connectivity index (χ4v) is 3.83. The smallest absolute Gasteiger partial charge is 0.339 e. The quantitative estimate of drug-likeness (QED) is 0.673. The van der Waals surface area contributed by atoms with Crippen molar-refractivity contribution in [2.75, 3.05) is 0 Å². The number of pyridine rings is 1. The van der Waals surface area contributed by atoms with Crippen LogP contribution in [0.2, 0.25) is 0 Å². The zero-order valence-electron chi connectivity index (χ0n) is 16.7. The van der Waals surface area contributed by atoms with Gasteiger partial charge in [0, 0.05) is 11.8 Å². The van der Waals surface area contributed by atoms with Gasteiger partial charge in [-0.3, -0.25) is 9.78 Å². The number of carbonyl (C=O) groups is 1. The predicted molar refractivity (Wildman–Crippen MR) is 110 cm³/mol. The number of benzene rings is 1. The SMILES string of the molecule is Cc1cc(O[C@H](C)C(=O)NCc2ccccn2)c2c3c(c(=O)oc2c1)CCCC3. The molecular formula is C23H24N2O4. The lowest BCUT2D eigenvalue weighted by Gasteiger charge is -2.21. The van der Waals surface area contributed by atoms with Crippen LogP contribution in [-0.2, 0) is 24.2 Å². The molecule has 4 rings (SSSR count). The number of hydrogen-bond acceptors (Lipinski definition) is 5. The second kappa shape index (κ2) is 8.07. The summed E-state index contributed by atoms with van der Waals surface area (Å²) in [6.45, 7) is 3.97. The van der Waals surface area contributed by atoms with Gasteiger partial charge >= 0.3 is 5.63 Å². The Morgan fingerprint density at radius 3 is 2.79 bits per heavy atom. The van der Waals surface area contributed by atoms with Gasteiger partial charge in [0.05, 0.1) is 17.6 Å². The molecule has 0 fully saturated rings. The van der Waals surface area contributed by atoms with Gasteiger partial charge < -0.3 is 14.5 Å². The lowest BCUT2D eigenvalue weighted by molar-refractivity contribution is -0.127. The first kappa shape index (κ1) is 19.2. The summed E-state index contributed by atoms with van der Waals surface area (Å²) in [7, 11) is 0. The maximum atomic E-state index is 12.5. The highest BCUT2D eigenvalue weighted by atomic mass is 16.5. The van der Waals surface area contributed by atoms with E-state index in [2.05, 4.69) is 10.3 Å². The van der Waals surface area contributed by atoms with Crippen molar-refractivity contribution in [3.05, 3.63) is 69.3 Å². The zero-order chi connectivity index (χ0) is 20.4. The Hall–Kier alpha value is -3.15. The number of amides is 1. The molecule has 29 heavy (non-hydrogen) atoms. The summed E-state index contributed by atoms with van der Waals surface area (Å²) in [5, 5.41) is 3.67. The fraction of sp³-hybridized carbons (Fsp3) is 0.348. The molecule has 1 aromatic carbocycles. The number of hydrogen-bond donors (Lipinski definition) is 1. The summed E-state index contributed by atoms with van der Waals surface area (Å²) in [4.78, 5) is 29.1. The minimum atomic E-state index is -0.699. The number of carbonyl (C=O) groups excluding carboxylic acids is 1. The Kier molecular flexibility index (Phi) is 5.34. The van der Waals surface area contributed by atoms with E-state index < -0.39 is 6.10 Å². The largest absolute Gasteiger partial charge is 0.480 e. The molecule has 2 heterocycles. The molecule has 3 aromatic rings. The lowest BCUT2D eigenvalue weighted by Crippen LogP contribution is -2.36. The van der Waals surface area contributed by atoms with Gasteiger partial charge in [-0.15, -0.1) is 0 Å². The Morgan fingerprint density at radius 2 is 2.03 bits per heavy atom. The Bertz CT molecular complexity index is 1110. The third-order valence-corrected chi connectivity index (χ3v) is 5.27. The molecule has 0 unspecified atom stereocenters. The summed E-state index contributed by atoms with van der Waals surface area (Å²) < 4.78 is 11.7. The maximum absolute atomic E-state index is 12.5. The zero-order valence-corrected chi connectivity index (χ0v) is 16.7. The highest BCUT2D eigenvalue weighted by molar-refractivity contribution is 5.89. The van der Waals surface area contributed by atoms with Crippen LogP contribution in [0.1, 0.15) is 42.1 Å². The van der Waals surface area contributed by atoms with Crippen LogP contribution in [0.25, 0.3) is 11.0 Å². The molecular weight excluding hydrogens is 368 g/mol. The second-order valence-corrected chi connectivity index (χ2v) is 7.49. The molecule has 6 nitrogen and oxygen atoms in total. The van der Waals surface area contributed by atoms with E-state index in [1.54, 1.807) is 13.1 Å². The maximum Gasteiger partial charge on any atom is 0.339 e. The van der Waals surface area contributed by atoms with Crippen LogP contribution in [0.15, 0.2) is 45.7 Å². The Labute approximate surface area is 168 Å². The van der Waals surface area contributed by atoms with Gasteiger partial charge in [-0.1, -0.05) is 6.07 Å². The van der Waals surface area contributed by atoms with E-state index >= 15 is 0 Å². The summed E-state index contributed by atoms with van der Waals surface area (Å²) in [5.41, 5.74) is 3.69. The average Bonchev–Trinajstić information content (AvgIpc) is 2.72. The standard InChI is InChI=1S/C23H24N2O4/c1-14-11-19(28-15(2)22(26)25-13-16-7-5-6-10-24-16)21-17-8-3-4-9-18(17)23(27)29-20(21)12-14/h5-7,10-12,15H,3-4,8-9,13H2,1-2H3,(H,25,26)/t15-/m1/s1. The summed E-state index contributed by atoms with van der Waals surface area (Å²) in [6, 6.07) is 9.32. The van der Waals surface area contributed by atoms with Gasteiger partial charge in [0.25, 0.3) is 5.91 Å². The predicted octanol–water partition coefficient (Wildman–Crippen LogP) is 3.46. The molecule has 0 saturated carbocycles. The van der Waals surface area contributed by atoms with E-state index in [9.17, 15) is 9.59 Å². The highest BCUT2D eigenvalue weighted by Crippen LogP contribution is 2.35. The molecule has 150 valence electrons. The molecule has 0 aliphatic heterocycles. The number of fused-ring (bicyclic) bond motifs is 3. The van der Waals surface area contributed by atoms with Crippen molar-refractivity contribution >= 4 is 16.9 Å². The van der Waals surface area contributed by atoms with Gasteiger partial charge in [0.1, 0.15) is 11.3 Å². The molecule has 6 heteroatoms. The number of aromatic nitrogens is 1. The summed E-state index contributed by atoms with van der Waals surface area (Å²) >= 11 is 0.